The molecule has 1 saturated heterocycles. The van der Waals surface area contributed by atoms with Crippen molar-refractivity contribution in [2.75, 3.05) is 39.3 Å². The van der Waals surface area contributed by atoms with Crippen LogP contribution in [0, 0.1) is 0 Å². The van der Waals surface area contributed by atoms with Crippen LogP contribution in [0.3, 0.4) is 0 Å². The smallest absolute Gasteiger partial charge is 0.0700 e. The molecule has 0 amide bonds. The second-order valence-corrected chi connectivity index (χ2v) is 3.95. The van der Waals surface area contributed by atoms with Crippen LogP contribution in [-0.4, -0.2) is 50.3 Å². The summed E-state index contributed by atoms with van der Waals surface area (Å²) in [7, 11) is 0. The van der Waals surface area contributed by atoms with Gasteiger partial charge in [0.05, 0.1) is 12.7 Å². The molecule has 0 aromatic carbocycles. The summed E-state index contributed by atoms with van der Waals surface area (Å²) in [6.45, 7) is 10.9. The summed E-state index contributed by atoms with van der Waals surface area (Å²) < 4.78 is 5.62. The van der Waals surface area contributed by atoms with Crippen LogP contribution in [0.4, 0.5) is 0 Å². The van der Waals surface area contributed by atoms with Crippen LogP contribution in [0.2, 0.25) is 0 Å². The molecule has 1 heterocycles. The second kappa shape index (κ2) is 7.21. The van der Waals surface area contributed by atoms with Gasteiger partial charge in [0, 0.05) is 26.2 Å². The van der Waals surface area contributed by atoms with Crippen molar-refractivity contribution in [2.24, 2.45) is 0 Å². The predicted molar refractivity (Wildman–Crippen MR) is 59.6 cm³/mol. The lowest BCUT2D eigenvalue weighted by atomic mass is 10.2. The quantitative estimate of drug-likeness (QED) is 0.650. The molecule has 0 bridgehead atoms. The summed E-state index contributed by atoms with van der Waals surface area (Å²) in [5.74, 6) is 0. The molecule has 0 aliphatic carbocycles. The van der Waals surface area contributed by atoms with Crippen molar-refractivity contribution in [1.82, 2.24) is 10.2 Å². The summed E-state index contributed by atoms with van der Waals surface area (Å²) in [6, 6.07) is 0. The number of nitrogens with zero attached hydrogens (tertiary/aromatic N) is 1. The van der Waals surface area contributed by atoms with Gasteiger partial charge in [0.25, 0.3) is 0 Å². The van der Waals surface area contributed by atoms with Gasteiger partial charge in [0.1, 0.15) is 0 Å². The second-order valence-electron chi connectivity index (χ2n) is 3.95. The van der Waals surface area contributed by atoms with Gasteiger partial charge in [-0.25, -0.2) is 0 Å². The fourth-order valence-electron chi connectivity index (χ4n) is 1.77. The van der Waals surface area contributed by atoms with Gasteiger partial charge in [-0.1, -0.05) is 13.8 Å². The van der Waals surface area contributed by atoms with Crippen molar-refractivity contribution in [2.45, 2.75) is 32.8 Å². The third-order valence-electron chi connectivity index (χ3n) is 2.71. The predicted octanol–water partition coefficient (Wildman–Crippen LogP) is 1.10. The van der Waals surface area contributed by atoms with Crippen molar-refractivity contribution in [1.29, 1.82) is 0 Å². The monoisotopic (exact) mass is 200 g/mol. The molecule has 84 valence electrons. The molecule has 1 unspecified atom stereocenters. The number of ether oxygens (including phenoxy) is 1. The molecule has 0 aromatic rings. The minimum atomic E-state index is 0.468. The maximum Gasteiger partial charge on any atom is 0.0700 e. The van der Waals surface area contributed by atoms with E-state index in [1.807, 2.05) is 0 Å². The standard InChI is InChI=1S/C11H24N2O/c1-3-5-12-6-7-13-8-9-14-11(4-2)10-13/h11-12H,3-10H2,1-2H3. The number of nitrogens with one attached hydrogen (secondary N) is 1. The number of hydrogen-bond donors (Lipinski definition) is 1. The largest absolute Gasteiger partial charge is 0.376 e. The highest BCUT2D eigenvalue weighted by atomic mass is 16.5. The highest BCUT2D eigenvalue weighted by Crippen LogP contribution is 2.06. The molecule has 14 heavy (non-hydrogen) atoms. The highest BCUT2D eigenvalue weighted by Gasteiger charge is 2.17. The fraction of sp³-hybridized carbons (Fsp3) is 1.00. The minimum absolute atomic E-state index is 0.468. The molecule has 0 saturated carbocycles. The van der Waals surface area contributed by atoms with Crippen LogP contribution in [-0.2, 0) is 4.74 Å². The lowest BCUT2D eigenvalue weighted by Crippen LogP contribution is -2.44. The van der Waals surface area contributed by atoms with Gasteiger partial charge in [0.2, 0.25) is 0 Å². The van der Waals surface area contributed by atoms with E-state index in [-0.39, 0.29) is 0 Å². The molecule has 1 N–H and O–H groups in total. The molecular weight excluding hydrogens is 176 g/mol. The fourth-order valence-corrected chi connectivity index (χ4v) is 1.77. The van der Waals surface area contributed by atoms with Gasteiger partial charge in [-0.3, -0.25) is 4.90 Å². The first-order valence-corrected chi connectivity index (χ1v) is 5.91. The molecule has 1 aliphatic rings. The maximum atomic E-state index is 5.62. The Labute approximate surface area is 87.8 Å². The van der Waals surface area contributed by atoms with Crippen LogP contribution in [0.15, 0.2) is 0 Å². The Morgan fingerprint density at radius 3 is 2.93 bits per heavy atom. The Morgan fingerprint density at radius 1 is 1.36 bits per heavy atom. The molecule has 3 nitrogen and oxygen atoms in total. The molecule has 1 aliphatic heterocycles. The molecule has 3 heteroatoms. The summed E-state index contributed by atoms with van der Waals surface area (Å²) in [5.41, 5.74) is 0. The van der Waals surface area contributed by atoms with Crippen LogP contribution < -0.4 is 5.32 Å². The molecule has 1 atom stereocenters. The van der Waals surface area contributed by atoms with E-state index in [4.69, 9.17) is 4.74 Å². The average Bonchev–Trinajstić information content (AvgIpc) is 2.25. The molecule has 1 fully saturated rings. The van der Waals surface area contributed by atoms with Crippen LogP contribution in [0.5, 0.6) is 0 Å². The van der Waals surface area contributed by atoms with E-state index in [1.54, 1.807) is 0 Å². The minimum Gasteiger partial charge on any atom is -0.376 e. The normalized spacial score (nSPS) is 24.0. The van der Waals surface area contributed by atoms with E-state index in [9.17, 15) is 0 Å². The van der Waals surface area contributed by atoms with Gasteiger partial charge in [-0.15, -0.1) is 0 Å². The summed E-state index contributed by atoms with van der Waals surface area (Å²) >= 11 is 0. The lowest BCUT2D eigenvalue weighted by Gasteiger charge is -2.32. The third-order valence-corrected chi connectivity index (χ3v) is 2.71. The van der Waals surface area contributed by atoms with Crippen LogP contribution >= 0.6 is 0 Å². The summed E-state index contributed by atoms with van der Waals surface area (Å²) in [5, 5.41) is 3.43. The molecule has 1 rings (SSSR count). The Kier molecular flexibility index (Phi) is 6.15. The van der Waals surface area contributed by atoms with Crippen molar-refractivity contribution in [3.63, 3.8) is 0 Å². The van der Waals surface area contributed by atoms with Crippen molar-refractivity contribution in [3.05, 3.63) is 0 Å². The van der Waals surface area contributed by atoms with Gasteiger partial charge >= 0.3 is 0 Å². The molecular formula is C11H24N2O. The van der Waals surface area contributed by atoms with Crippen molar-refractivity contribution in [3.8, 4) is 0 Å². The number of rotatable bonds is 6. The topological polar surface area (TPSA) is 24.5 Å². The number of hydrogen-bond acceptors (Lipinski definition) is 3. The first kappa shape index (κ1) is 12.0. The van der Waals surface area contributed by atoms with Crippen LogP contribution in [0.25, 0.3) is 0 Å². The zero-order valence-electron chi connectivity index (χ0n) is 9.59. The van der Waals surface area contributed by atoms with Crippen LogP contribution in [0.1, 0.15) is 26.7 Å². The highest BCUT2D eigenvalue weighted by molar-refractivity contribution is 4.70. The third kappa shape index (κ3) is 4.40. The van der Waals surface area contributed by atoms with E-state index in [0.29, 0.717) is 6.10 Å². The maximum absolute atomic E-state index is 5.62. The summed E-state index contributed by atoms with van der Waals surface area (Å²) in [4.78, 5) is 2.50. The van der Waals surface area contributed by atoms with Gasteiger partial charge in [0.15, 0.2) is 0 Å². The molecule has 0 spiro atoms. The Bertz CT molecular complexity index is 141. The Hall–Kier alpha value is -0.120. The first-order valence-electron chi connectivity index (χ1n) is 5.91. The van der Waals surface area contributed by atoms with E-state index in [1.165, 1.54) is 13.0 Å². The van der Waals surface area contributed by atoms with E-state index in [0.717, 1.165) is 39.2 Å². The Morgan fingerprint density at radius 2 is 2.21 bits per heavy atom. The lowest BCUT2D eigenvalue weighted by molar-refractivity contribution is -0.0290. The first-order chi connectivity index (χ1) is 6.86. The van der Waals surface area contributed by atoms with E-state index >= 15 is 0 Å². The van der Waals surface area contributed by atoms with Gasteiger partial charge in [-0.05, 0) is 19.4 Å². The number of morpholine rings is 1. The van der Waals surface area contributed by atoms with Gasteiger partial charge < -0.3 is 10.1 Å². The molecule has 0 aromatic heterocycles. The van der Waals surface area contributed by atoms with E-state index < -0.39 is 0 Å². The Balaban J connectivity index is 2.05. The van der Waals surface area contributed by atoms with E-state index in [2.05, 4.69) is 24.1 Å². The zero-order chi connectivity index (χ0) is 10.2. The zero-order valence-corrected chi connectivity index (χ0v) is 9.59. The van der Waals surface area contributed by atoms with Crippen molar-refractivity contribution >= 4 is 0 Å². The van der Waals surface area contributed by atoms with Gasteiger partial charge in [-0.2, -0.15) is 0 Å². The molecule has 0 radical (unpaired) electrons. The summed E-state index contributed by atoms with van der Waals surface area (Å²) in [6.07, 6.45) is 2.83. The average molecular weight is 200 g/mol. The SMILES string of the molecule is CCCNCCN1CCOC(CC)C1. The van der Waals surface area contributed by atoms with Crippen molar-refractivity contribution < 1.29 is 4.74 Å².